The second kappa shape index (κ2) is 8.66. The number of nitrogens with zero attached hydrogens (tertiary/aromatic N) is 1. The molecule has 4 nitrogen and oxygen atoms in total. The monoisotopic (exact) mass is 288 g/mol. The maximum absolute atomic E-state index is 9.50. The number of aliphatic hydroxyl groups is 1. The van der Waals surface area contributed by atoms with Crippen LogP contribution < -0.4 is 10.1 Å². The first kappa shape index (κ1) is 15.8. The van der Waals surface area contributed by atoms with E-state index < -0.39 is 0 Å². The third-order valence-corrected chi connectivity index (χ3v) is 3.89. The minimum atomic E-state index is -0.104. The van der Waals surface area contributed by atoms with Crippen LogP contribution in [0.25, 0.3) is 0 Å². The molecule has 0 atom stereocenters. The zero-order chi connectivity index (χ0) is 14.9. The van der Waals surface area contributed by atoms with Crippen molar-refractivity contribution in [3.05, 3.63) is 29.8 Å². The first-order valence-electron chi connectivity index (χ1n) is 7.78. The average molecular weight is 288 g/mol. The maximum atomic E-state index is 9.50. The second-order valence-corrected chi connectivity index (χ2v) is 5.64. The Kier molecular flexibility index (Phi) is 6.52. The molecule has 0 bridgehead atoms. The van der Waals surface area contributed by atoms with E-state index in [4.69, 9.17) is 10.00 Å². The molecule has 1 aliphatic rings. The Hall–Kier alpha value is -1.57. The summed E-state index contributed by atoms with van der Waals surface area (Å²) in [7, 11) is 0. The van der Waals surface area contributed by atoms with E-state index in [-0.39, 0.29) is 6.10 Å². The molecule has 4 heteroatoms. The van der Waals surface area contributed by atoms with Crippen LogP contribution in [0.1, 0.15) is 44.1 Å². The summed E-state index contributed by atoms with van der Waals surface area (Å²) in [4.78, 5) is 0. The lowest BCUT2D eigenvalue weighted by Crippen LogP contribution is -2.34. The summed E-state index contributed by atoms with van der Waals surface area (Å²) in [5.41, 5.74) is 1.21. The highest BCUT2D eigenvalue weighted by atomic mass is 16.5. The quantitative estimate of drug-likeness (QED) is 0.757. The van der Waals surface area contributed by atoms with Gasteiger partial charge < -0.3 is 15.2 Å². The summed E-state index contributed by atoms with van der Waals surface area (Å²) in [6.07, 6.45) is 5.10. The normalized spacial score (nSPS) is 21.7. The van der Waals surface area contributed by atoms with Crippen LogP contribution in [-0.4, -0.2) is 23.9 Å². The Bertz CT molecular complexity index is 462. The number of hydrogen-bond acceptors (Lipinski definition) is 4. The third-order valence-electron chi connectivity index (χ3n) is 3.89. The van der Waals surface area contributed by atoms with Crippen molar-refractivity contribution in [3.8, 4) is 11.8 Å². The van der Waals surface area contributed by atoms with Crippen molar-refractivity contribution in [2.45, 2.75) is 57.2 Å². The van der Waals surface area contributed by atoms with E-state index in [1.807, 2.05) is 12.1 Å². The van der Waals surface area contributed by atoms with Gasteiger partial charge in [0.2, 0.25) is 0 Å². The standard InChI is InChI=1S/C17H24N2O2/c18-10-1-2-11-21-17-5-3-4-14(12-17)13-19-15-6-8-16(20)9-7-15/h3-5,12,15-16,19-20H,1-2,6-9,11,13H2. The van der Waals surface area contributed by atoms with Gasteiger partial charge in [-0.05, 0) is 49.8 Å². The summed E-state index contributed by atoms with van der Waals surface area (Å²) in [5, 5.41) is 21.5. The summed E-state index contributed by atoms with van der Waals surface area (Å²) >= 11 is 0. The van der Waals surface area contributed by atoms with E-state index in [2.05, 4.69) is 23.5 Å². The van der Waals surface area contributed by atoms with Gasteiger partial charge in [-0.1, -0.05) is 12.1 Å². The summed E-state index contributed by atoms with van der Waals surface area (Å²) in [5.74, 6) is 0.867. The SMILES string of the molecule is N#CCCCOc1cccc(CNC2CCC(O)CC2)c1. The minimum absolute atomic E-state index is 0.104. The van der Waals surface area contributed by atoms with Crippen LogP contribution in [0, 0.1) is 11.3 Å². The molecule has 0 aliphatic heterocycles. The number of aliphatic hydroxyl groups excluding tert-OH is 1. The lowest BCUT2D eigenvalue weighted by atomic mass is 9.93. The number of ether oxygens (including phenoxy) is 1. The Morgan fingerprint density at radius 3 is 2.86 bits per heavy atom. The second-order valence-electron chi connectivity index (χ2n) is 5.64. The van der Waals surface area contributed by atoms with Gasteiger partial charge in [-0.25, -0.2) is 0 Å². The molecule has 1 fully saturated rings. The molecule has 2 N–H and O–H groups in total. The molecule has 2 rings (SSSR count). The van der Waals surface area contributed by atoms with Crippen LogP contribution in [0.4, 0.5) is 0 Å². The van der Waals surface area contributed by atoms with Gasteiger partial charge in [-0.3, -0.25) is 0 Å². The molecule has 114 valence electrons. The van der Waals surface area contributed by atoms with Crippen LogP contribution in [0.3, 0.4) is 0 Å². The zero-order valence-corrected chi connectivity index (χ0v) is 12.4. The molecular weight excluding hydrogens is 264 g/mol. The predicted octanol–water partition coefficient (Wildman–Crippen LogP) is 2.76. The van der Waals surface area contributed by atoms with E-state index in [1.165, 1.54) is 5.56 Å². The molecule has 0 radical (unpaired) electrons. The van der Waals surface area contributed by atoms with Gasteiger partial charge >= 0.3 is 0 Å². The van der Waals surface area contributed by atoms with E-state index in [0.29, 0.717) is 19.1 Å². The fraction of sp³-hybridized carbons (Fsp3) is 0.588. The van der Waals surface area contributed by atoms with Gasteiger partial charge in [0.15, 0.2) is 0 Å². The molecule has 0 saturated heterocycles. The average Bonchev–Trinajstić information content (AvgIpc) is 2.52. The first-order valence-corrected chi connectivity index (χ1v) is 7.78. The zero-order valence-electron chi connectivity index (χ0n) is 12.4. The van der Waals surface area contributed by atoms with E-state index >= 15 is 0 Å². The maximum Gasteiger partial charge on any atom is 0.119 e. The lowest BCUT2D eigenvalue weighted by Gasteiger charge is -2.26. The molecule has 1 saturated carbocycles. The Morgan fingerprint density at radius 2 is 2.10 bits per heavy atom. The van der Waals surface area contributed by atoms with Crippen molar-refractivity contribution in [1.29, 1.82) is 5.26 Å². The van der Waals surface area contributed by atoms with Crippen LogP contribution >= 0.6 is 0 Å². The van der Waals surface area contributed by atoms with Crippen molar-refractivity contribution < 1.29 is 9.84 Å². The first-order chi connectivity index (χ1) is 10.3. The molecular formula is C17H24N2O2. The van der Waals surface area contributed by atoms with Crippen molar-refractivity contribution in [2.75, 3.05) is 6.61 Å². The van der Waals surface area contributed by atoms with Gasteiger partial charge in [0.05, 0.1) is 18.8 Å². The number of hydrogen-bond donors (Lipinski definition) is 2. The van der Waals surface area contributed by atoms with E-state index in [1.54, 1.807) is 0 Å². The Balaban J connectivity index is 1.74. The van der Waals surface area contributed by atoms with Crippen molar-refractivity contribution >= 4 is 0 Å². The van der Waals surface area contributed by atoms with Gasteiger partial charge in [0, 0.05) is 19.0 Å². The van der Waals surface area contributed by atoms with Crippen LogP contribution in [0.15, 0.2) is 24.3 Å². The van der Waals surface area contributed by atoms with Gasteiger partial charge in [-0.15, -0.1) is 0 Å². The third kappa shape index (κ3) is 5.74. The molecule has 0 amide bonds. The van der Waals surface area contributed by atoms with Crippen molar-refractivity contribution in [2.24, 2.45) is 0 Å². The van der Waals surface area contributed by atoms with Crippen molar-refractivity contribution in [1.82, 2.24) is 5.32 Å². The summed E-state index contributed by atoms with van der Waals surface area (Å²) < 4.78 is 5.64. The van der Waals surface area contributed by atoms with Crippen LogP contribution in [0.2, 0.25) is 0 Å². The predicted molar refractivity (Wildman–Crippen MR) is 81.9 cm³/mol. The highest BCUT2D eigenvalue weighted by molar-refractivity contribution is 5.28. The highest BCUT2D eigenvalue weighted by Crippen LogP contribution is 2.19. The topological polar surface area (TPSA) is 65.3 Å². The van der Waals surface area contributed by atoms with Gasteiger partial charge in [-0.2, -0.15) is 5.26 Å². The molecule has 1 aromatic rings. The number of unbranched alkanes of at least 4 members (excludes halogenated alkanes) is 1. The largest absolute Gasteiger partial charge is 0.494 e. The Morgan fingerprint density at radius 1 is 1.29 bits per heavy atom. The number of nitrogens with one attached hydrogen (secondary N) is 1. The number of benzene rings is 1. The van der Waals surface area contributed by atoms with Gasteiger partial charge in [0.25, 0.3) is 0 Å². The molecule has 0 aromatic heterocycles. The van der Waals surface area contributed by atoms with Crippen LogP contribution in [0.5, 0.6) is 5.75 Å². The van der Waals surface area contributed by atoms with Crippen molar-refractivity contribution in [3.63, 3.8) is 0 Å². The highest BCUT2D eigenvalue weighted by Gasteiger charge is 2.18. The smallest absolute Gasteiger partial charge is 0.119 e. The van der Waals surface area contributed by atoms with Crippen LogP contribution in [-0.2, 0) is 6.54 Å². The molecule has 0 spiro atoms. The fourth-order valence-electron chi connectivity index (χ4n) is 2.63. The molecule has 0 heterocycles. The lowest BCUT2D eigenvalue weighted by molar-refractivity contribution is 0.116. The van der Waals surface area contributed by atoms with E-state index in [9.17, 15) is 5.11 Å². The fourth-order valence-corrected chi connectivity index (χ4v) is 2.63. The van der Waals surface area contributed by atoms with E-state index in [0.717, 1.165) is 44.4 Å². The number of rotatable bonds is 7. The summed E-state index contributed by atoms with van der Waals surface area (Å²) in [6, 6.07) is 10.7. The molecule has 0 unspecified atom stereocenters. The Labute approximate surface area is 126 Å². The molecule has 1 aliphatic carbocycles. The minimum Gasteiger partial charge on any atom is -0.494 e. The van der Waals surface area contributed by atoms with Gasteiger partial charge in [0.1, 0.15) is 5.75 Å². The molecule has 21 heavy (non-hydrogen) atoms. The summed E-state index contributed by atoms with van der Waals surface area (Å²) in [6.45, 7) is 1.42. The molecule has 1 aromatic carbocycles. The number of nitriles is 1.